The Bertz CT molecular complexity index is 701. The number of likely N-dealkylation sites (tertiary alicyclic amines) is 1. The first-order valence-electron chi connectivity index (χ1n) is 9.33. The van der Waals surface area contributed by atoms with Crippen molar-refractivity contribution >= 4 is 28.1 Å². The van der Waals surface area contributed by atoms with Crippen molar-refractivity contribution in [2.75, 3.05) is 13.1 Å². The molecule has 1 amide bonds. The maximum absolute atomic E-state index is 12.4. The SMILES string of the molecule is CC(C)(C)OC(=O)N1CCC2(C=[C]([Sn]([CH3])([CH3])[CH3])c3ccccc32)CC1. The van der Waals surface area contributed by atoms with Gasteiger partial charge < -0.3 is 0 Å². The van der Waals surface area contributed by atoms with E-state index in [-0.39, 0.29) is 11.5 Å². The minimum atomic E-state index is -2.18. The van der Waals surface area contributed by atoms with Crippen molar-refractivity contribution in [3.8, 4) is 0 Å². The van der Waals surface area contributed by atoms with Gasteiger partial charge in [0.2, 0.25) is 0 Å². The summed E-state index contributed by atoms with van der Waals surface area (Å²) in [5.41, 5.74) is 2.66. The van der Waals surface area contributed by atoms with Crippen LogP contribution in [0.25, 0.3) is 3.59 Å². The average Bonchev–Trinajstić information content (AvgIpc) is 2.82. The molecule has 1 aromatic rings. The molecule has 1 aliphatic carbocycles. The van der Waals surface area contributed by atoms with Crippen LogP contribution in [0.15, 0.2) is 30.3 Å². The van der Waals surface area contributed by atoms with Crippen LogP contribution >= 0.6 is 0 Å². The van der Waals surface area contributed by atoms with E-state index in [0.717, 1.165) is 25.9 Å². The fraction of sp³-hybridized carbons (Fsp3) is 0.571. The summed E-state index contributed by atoms with van der Waals surface area (Å²) in [5.74, 6) is 0. The van der Waals surface area contributed by atoms with Gasteiger partial charge in [-0.05, 0) is 0 Å². The van der Waals surface area contributed by atoms with Crippen molar-refractivity contribution in [1.29, 1.82) is 0 Å². The molecule has 0 unspecified atom stereocenters. The molecule has 4 heteroatoms. The minimum absolute atomic E-state index is 0.120. The van der Waals surface area contributed by atoms with Crippen LogP contribution < -0.4 is 0 Å². The Hall–Kier alpha value is -0.971. The van der Waals surface area contributed by atoms with Crippen LogP contribution in [0.3, 0.4) is 0 Å². The Morgan fingerprint density at radius 3 is 2.28 bits per heavy atom. The number of carbonyl (C=O) groups excluding carboxylic acids is 1. The van der Waals surface area contributed by atoms with E-state index in [9.17, 15) is 4.79 Å². The van der Waals surface area contributed by atoms with E-state index in [1.807, 2.05) is 25.7 Å². The predicted octanol–water partition coefficient (Wildman–Crippen LogP) is 5.23. The standard InChI is InChI=1S/C18H22NO2.3CH3.Sn/c1-17(2,3)21-16(20)19-12-10-18(11-13-19)9-8-14-6-4-5-7-15(14)18;;;;/h4-7,9H,10-13H2,1-3H3;3*1H3;. The molecule has 136 valence electrons. The Kier molecular flexibility index (Phi) is 4.76. The normalized spacial score (nSPS) is 19.6. The number of rotatable bonds is 1. The number of benzene rings is 1. The number of nitrogens with zero attached hydrogens (tertiary/aromatic N) is 1. The number of piperidine rings is 1. The molecule has 2 aliphatic rings. The summed E-state index contributed by atoms with van der Waals surface area (Å²) in [4.78, 5) is 21.7. The summed E-state index contributed by atoms with van der Waals surface area (Å²) in [6, 6.07) is 8.94. The van der Waals surface area contributed by atoms with Gasteiger partial charge in [0, 0.05) is 0 Å². The second-order valence-electron chi connectivity index (χ2n) is 9.48. The van der Waals surface area contributed by atoms with E-state index < -0.39 is 24.0 Å². The third-order valence-corrected chi connectivity index (χ3v) is 11.1. The Morgan fingerprint density at radius 1 is 1.12 bits per heavy atom. The first-order valence-corrected chi connectivity index (χ1v) is 19.3. The molecular formula is C21H31NO2Sn. The molecule has 1 aliphatic heterocycles. The van der Waals surface area contributed by atoms with E-state index in [0.29, 0.717) is 0 Å². The van der Waals surface area contributed by atoms with Gasteiger partial charge in [-0.1, -0.05) is 0 Å². The zero-order valence-corrected chi connectivity index (χ0v) is 19.3. The number of hydrogen-bond donors (Lipinski definition) is 0. The Balaban J connectivity index is 1.83. The predicted molar refractivity (Wildman–Crippen MR) is 106 cm³/mol. The first-order chi connectivity index (χ1) is 11.5. The molecule has 0 radical (unpaired) electrons. The van der Waals surface area contributed by atoms with Gasteiger partial charge >= 0.3 is 156 Å². The zero-order chi connectivity index (χ0) is 18.5. The molecule has 1 aromatic carbocycles. The molecule has 1 fully saturated rings. The van der Waals surface area contributed by atoms with Gasteiger partial charge in [0.05, 0.1) is 0 Å². The van der Waals surface area contributed by atoms with Crippen LogP contribution in [0, 0.1) is 0 Å². The number of fused-ring (bicyclic) bond motifs is 2. The van der Waals surface area contributed by atoms with Crippen LogP contribution in [-0.4, -0.2) is 48.1 Å². The number of hydrogen-bond acceptors (Lipinski definition) is 2. The summed E-state index contributed by atoms with van der Waals surface area (Å²) in [6.45, 7) is 7.32. The summed E-state index contributed by atoms with van der Waals surface area (Å²) in [5, 5.41) is 0. The zero-order valence-electron chi connectivity index (χ0n) is 16.5. The fourth-order valence-corrected chi connectivity index (χ4v) is 8.99. The number of amides is 1. The molecule has 1 heterocycles. The van der Waals surface area contributed by atoms with Crippen LogP contribution in [0.4, 0.5) is 4.79 Å². The van der Waals surface area contributed by atoms with Crippen molar-refractivity contribution in [2.45, 2.75) is 59.4 Å². The Morgan fingerprint density at radius 2 is 1.72 bits per heavy atom. The van der Waals surface area contributed by atoms with Crippen LogP contribution in [0.2, 0.25) is 14.8 Å². The van der Waals surface area contributed by atoms with Crippen LogP contribution in [0.5, 0.6) is 0 Å². The summed E-state index contributed by atoms with van der Waals surface area (Å²) >= 11 is -2.18. The van der Waals surface area contributed by atoms with Crippen molar-refractivity contribution in [2.24, 2.45) is 0 Å². The van der Waals surface area contributed by atoms with Gasteiger partial charge in [-0.25, -0.2) is 0 Å². The molecule has 3 rings (SSSR count). The summed E-state index contributed by atoms with van der Waals surface area (Å²) < 4.78 is 7.20. The number of allylic oxidation sites excluding steroid dienone is 1. The first kappa shape index (κ1) is 18.8. The molecule has 0 atom stereocenters. The summed E-state index contributed by atoms with van der Waals surface area (Å²) in [6.07, 6.45) is 4.40. The third kappa shape index (κ3) is 3.76. The average molecular weight is 448 g/mol. The maximum atomic E-state index is 12.4. The molecular weight excluding hydrogens is 417 g/mol. The second-order valence-corrected chi connectivity index (χ2v) is 23.9. The Labute approximate surface area is 156 Å². The van der Waals surface area contributed by atoms with Crippen molar-refractivity contribution in [3.63, 3.8) is 0 Å². The third-order valence-electron chi connectivity index (χ3n) is 5.29. The topological polar surface area (TPSA) is 29.5 Å². The molecule has 0 N–H and O–H groups in total. The van der Waals surface area contributed by atoms with Gasteiger partial charge in [0.25, 0.3) is 0 Å². The summed E-state index contributed by atoms with van der Waals surface area (Å²) in [7, 11) is 0. The molecule has 0 bridgehead atoms. The quantitative estimate of drug-likeness (QED) is 0.551. The van der Waals surface area contributed by atoms with Crippen molar-refractivity contribution < 1.29 is 9.53 Å². The van der Waals surface area contributed by atoms with E-state index in [4.69, 9.17) is 4.74 Å². The molecule has 0 aromatic heterocycles. The molecule has 25 heavy (non-hydrogen) atoms. The van der Waals surface area contributed by atoms with Crippen molar-refractivity contribution in [1.82, 2.24) is 4.90 Å². The van der Waals surface area contributed by atoms with E-state index in [1.54, 1.807) is 3.59 Å². The monoisotopic (exact) mass is 449 g/mol. The van der Waals surface area contributed by atoms with Crippen LogP contribution in [-0.2, 0) is 10.2 Å². The van der Waals surface area contributed by atoms with Gasteiger partial charge in [0.1, 0.15) is 0 Å². The van der Waals surface area contributed by atoms with Gasteiger partial charge in [-0.3, -0.25) is 0 Å². The molecule has 1 saturated heterocycles. The fourth-order valence-electron chi connectivity index (χ4n) is 4.03. The van der Waals surface area contributed by atoms with Gasteiger partial charge in [-0.15, -0.1) is 0 Å². The van der Waals surface area contributed by atoms with Gasteiger partial charge in [0.15, 0.2) is 0 Å². The van der Waals surface area contributed by atoms with Crippen LogP contribution in [0.1, 0.15) is 44.7 Å². The molecule has 0 saturated carbocycles. The van der Waals surface area contributed by atoms with Crippen molar-refractivity contribution in [3.05, 3.63) is 41.5 Å². The second kappa shape index (κ2) is 6.33. The van der Waals surface area contributed by atoms with E-state index in [1.165, 1.54) is 11.1 Å². The molecule has 1 spiro atoms. The molecule has 3 nitrogen and oxygen atoms in total. The number of ether oxygens (including phenoxy) is 1. The van der Waals surface area contributed by atoms with E-state index >= 15 is 0 Å². The number of carbonyl (C=O) groups is 1. The van der Waals surface area contributed by atoms with E-state index in [2.05, 4.69) is 45.2 Å². The van der Waals surface area contributed by atoms with Gasteiger partial charge in [-0.2, -0.15) is 0 Å².